The van der Waals surface area contributed by atoms with E-state index in [0.717, 1.165) is 24.1 Å². The van der Waals surface area contributed by atoms with Crippen molar-refractivity contribution in [3.63, 3.8) is 0 Å². The van der Waals surface area contributed by atoms with Crippen LogP contribution >= 0.6 is 27.3 Å². The van der Waals surface area contributed by atoms with Crippen molar-refractivity contribution in [3.05, 3.63) is 17.0 Å². The minimum Gasteiger partial charge on any atom is -0.206 e. The molecule has 1 fully saturated rings. The summed E-state index contributed by atoms with van der Waals surface area (Å²) in [6, 6.07) is 3.54. The normalized spacial score (nSPS) is 26.0. The molecular weight excluding hydrogens is 322 g/mol. The summed E-state index contributed by atoms with van der Waals surface area (Å²) < 4.78 is 27.5. The third kappa shape index (κ3) is 3.30. The lowest BCUT2D eigenvalue weighted by Crippen LogP contribution is -2.42. The lowest BCUT2D eigenvalue weighted by Gasteiger charge is -2.27. The molecule has 2 unspecified atom stereocenters. The fourth-order valence-corrected chi connectivity index (χ4v) is 5.54. The standard InChI is InChI=1S/C11H16BrNO2S2/c1-8-6-7-11(16-8)17(14,15)13-10-5-3-2-4-9(10)12/h6-7,9-10,13H,2-5H2,1H3. The molecule has 0 aromatic carbocycles. The van der Waals surface area contributed by atoms with Crippen LogP contribution in [-0.4, -0.2) is 19.3 Å². The first-order valence-electron chi connectivity index (χ1n) is 5.72. The van der Waals surface area contributed by atoms with E-state index in [9.17, 15) is 8.42 Å². The molecule has 2 rings (SSSR count). The molecule has 1 aliphatic carbocycles. The predicted molar refractivity (Wildman–Crippen MR) is 74.3 cm³/mol. The summed E-state index contributed by atoms with van der Waals surface area (Å²) in [5, 5.41) is 0. The van der Waals surface area contributed by atoms with Gasteiger partial charge in [0.05, 0.1) is 0 Å². The summed E-state index contributed by atoms with van der Waals surface area (Å²) in [6.45, 7) is 1.91. The molecule has 0 bridgehead atoms. The van der Waals surface area contributed by atoms with Gasteiger partial charge in [-0.3, -0.25) is 0 Å². The quantitative estimate of drug-likeness (QED) is 0.861. The highest BCUT2D eigenvalue weighted by Crippen LogP contribution is 2.27. The molecule has 0 radical (unpaired) electrons. The van der Waals surface area contributed by atoms with Gasteiger partial charge in [0.15, 0.2) is 0 Å². The summed E-state index contributed by atoms with van der Waals surface area (Å²) in [5.74, 6) is 0. The molecule has 17 heavy (non-hydrogen) atoms. The number of thiophene rings is 1. The van der Waals surface area contributed by atoms with Gasteiger partial charge in [-0.15, -0.1) is 11.3 Å². The summed E-state index contributed by atoms with van der Waals surface area (Å²) >= 11 is 4.88. The molecule has 1 N–H and O–H groups in total. The highest BCUT2D eigenvalue weighted by atomic mass is 79.9. The van der Waals surface area contributed by atoms with E-state index in [1.807, 2.05) is 13.0 Å². The van der Waals surface area contributed by atoms with Gasteiger partial charge in [0.25, 0.3) is 0 Å². The highest BCUT2D eigenvalue weighted by Gasteiger charge is 2.28. The van der Waals surface area contributed by atoms with Gasteiger partial charge >= 0.3 is 0 Å². The van der Waals surface area contributed by atoms with Gasteiger partial charge in [-0.2, -0.15) is 0 Å². The van der Waals surface area contributed by atoms with Crippen molar-refractivity contribution in [2.75, 3.05) is 0 Å². The minimum absolute atomic E-state index is 0.0242. The maximum atomic E-state index is 12.1. The Kier molecular flexibility index (Phi) is 4.28. The third-order valence-corrected chi connectivity index (χ3v) is 7.05. The van der Waals surface area contributed by atoms with Gasteiger partial charge in [0.1, 0.15) is 4.21 Å². The lowest BCUT2D eigenvalue weighted by atomic mass is 9.96. The fourth-order valence-electron chi connectivity index (χ4n) is 2.03. The molecule has 6 heteroatoms. The van der Waals surface area contributed by atoms with E-state index < -0.39 is 10.0 Å². The zero-order valence-electron chi connectivity index (χ0n) is 9.65. The van der Waals surface area contributed by atoms with Crippen LogP contribution in [0, 0.1) is 6.92 Å². The second-order valence-corrected chi connectivity index (χ2v) is 8.80. The van der Waals surface area contributed by atoms with E-state index in [0.29, 0.717) is 4.21 Å². The number of sulfonamides is 1. The summed E-state index contributed by atoms with van der Waals surface area (Å²) in [7, 11) is -3.33. The van der Waals surface area contributed by atoms with E-state index >= 15 is 0 Å². The van der Waals surface area contributed by atoms with Crippen molar-refractivity contribution in [3.8, 4) is 0 Å². The number of hydrogen-bond acceptors (Lipinski definition) is 3. The zero-order chi connectivity index (χ0) is 12.5. The van der Waals surface area contributed by atoms with Gasteiger partial charge in [-0.25, -0.2) is 13.1 Å². The molecule has 0 aliphatic heterocycles. The summed E-state index contributed by atoms with van der Waals surface area (Å²) in [5.41, 5.74) is 0. The summed E-state index contributed by atoms with van der Waals surface area (Å²) in [4.78, 5) is 1.27. The van der Waals surface area contributed by atoms with E-state index in [1.165, 1.54) is 17.8 Å². The number of aryl methyl sites for hydroxylation is 1. The molecule has 0 amide bonds. The Hall–Kier alpha value is 0.0900. The van der Waals surface area contributed by atoms with E-state index in [4.69, 9.17) is 0 Å². The first-order chi connectivity index (χ1) is 7.99. The monoisotopic (exact) mass is 337 g/mol. The smallest absolute Gasteiger partial charge is 0.206 e. The maximum Gasteiger partial charge on any atom is 0.250 e. The van der Waals surface area contributed by atoms with Crippen molar-refractivity contribution >= 4 is 37.3 Å². The SMILES string of the molecule is Cc1ccc(S(=O)(=O)NC2CCCCC2Br)s1. The number of hydrogen-bond donors (Lipinski definition) is 1. The number of halogens is 1. The molecule has 1 aromatic rings. The number of alkyl halides is 1. The molecule has 0 saturated heterocycles. The molecular formula is C11H16BrNO2S2. The minimum atomic E-state index is -3.33. The van der Waals surface area contributed by atoms with Gasteiger partial charge in [-0.05, 0) is 31.9 Å². The second kappa shape index (κ2) is 5.38. The Morgan fingerprint density at radius 1 is 1.35 bits per heavy atom. The van der Waals surface area contributed by atoms with E-state index in [-0.39, 0.29) is 10.9 Å². The maximum absolute atomic E-state index is 12.1. The highest BCUT2D eigenvalue weighted by molar-refractivity contribution is 9.09. The van der Waals surface area contributed by atoms with Crippen LogP contribution in [0.3, 0.4) is 0 Å². The Balaban J connectivity index is 2.11. The van der Waals surface area contributed by atoms with Crippen LogP contribution in [0.1, 0.15) is 30.6 Å². The average Bonchev–Trinajstić information content (AvgIpc) is 2.69. The van der Waals surface area contributed by atoms with E-state index in [2.05, 4.69) is 20.7 Å². The van der Waals surface area contributed by atoms with Crippen LogP contribution in [0.5, 0.6) is 0 Å². The van der Waals surface area contributed by atoms with Crippen molar-refractivity contribution in [1.82, 2.24) is 4.72 Å². The molecule has 96 valence electrons. The number of rotatable bonds is 3. The van der Waals surface area contributed by atoms with Gasteiger partial charge in [0, 0.05) is 15.7 Å². The van der Waals surface area contributed by atoms with Crippen molar-refractivity contribution < 1.29 is 8.42 Å². The van der Waals surface area contributed by atoms with Crippen LogP contribution < -0.4 is 4.72 Å². The Morgan fingerprint density at radius 2 is 2.06 bits per heavy atom. The first kappa shape index (κ1) is 13.5. The van der Waals surface area contributed by atoms with Gasteiger partial charge in [0.2, 0.25) is 10.0 Å². The van der Waals surface area contributed by atoms with E-state index in [1.54, 1.807) is 6.07 Å². The topological polar surface area (TPSA) is 46.2 Å². The van der Waals surface area contributed by atoms with Gasteiger partial charge in [-0.1, -0.05) is 28.8 Å². The number of nitrogens with one attached hydrogen (secondary N) is 1. The molecule has 1 aliphatic rings. The molecule has 1 aromatic heterocycles. The largest absolute Gasteiger partial charge is 0.250 e. The average molecular weight is 338 g/mol. The van der Waals surface area contributed by atoms with Crippen molar-refractivity contribution in [2.45, 2.75) is 47.7 Å². The molecule has 3 nitrogen and oxygen atoms in total. The molecule has 1 saturated carbocycles. The lowest BCUT2D eigenvalue weighted by molar-refractivity contribution is 0.427. The van der Waals surface area contributed by atoms with Crippen LogP contribution in [0.15, 0.2) is 16.3 Å². The summed E-state index contributed by atoms with van der Waals surface area (Å²) in [6.07, 6.45) is 4.22. The van der Waals surface area contributed by atoms with Crippen LogP contribution in [0.2, 0.25) is 0 Å². The van der Waals surface area contributed by atoms with Gasteiger partial charge < -0.3 is 0 Å². The Morgan fingerprint density at radius 3 is 2.65 bits per heavy atom. The molecule has 1 heterocycles. The zero-order valence-corrected chi connectivity index (χ0v) is 12.9. The Labute approximate surface area is 115 Å². The third-order valence-electron chi connectivity index (χ3n) is 2.97. The predicted octanol–water partition coefficient (Wildman–Crippen LogP) is 3.04. The molecule has 0 spiro atoms. The van der Waals surface area contributed by atoms with Crippen LogP contribution in [-0.2, 0) is 10.0 Å². The fraction of sp³-hybridized carbons (Fsp3) is 0.636. The van der Waals surface area contributed by atoms with Crippen molar-refractivity contribution in [2.24, 2.45) is 0 Å². The van der Waals surface area contributed by atoms with Crippen LogP contribution in [0.4, 0.5) is 0 Å². The molecule has 2 atom stereocenters. The second-order valence-electron chi connectivity index (χ2n) is 4.39. The van der Waals surface area contributed by atoms with Crippen LogP contribution in [0.25, 0.3) is 0 Å². The first-order valence-corrected chi connectivity index (χ1v) is 8.93. The Bertz CT molecular complexity index is 483. The van der Waals surface area contributed by atoms with Crippen molar-refractivity contribution in [1.29, 1.82) is 0 Å².